The first-order valence-corrected chi connectivity index (χ1v) is 9.41. The number of nitrogens with zero attached hydrogens (tertiary/aromatic N) is 2. The Morgan fingerprint density at radius 3 is 2.43 bits per heavy atom. The summed E-state index contributed by atoms with van der Waals surface area (Å²) in [7, 11) is 0. The van der Waals surface area contributed by atoms with Gasteiger partial charge >= 0.3 is 35.5 Å². The number of pyridine rings is 2. The third-order valence-corrected chi connectivity index (χ3v) is 5.52. The van der Waals surface area contributed by atoms with Gasteiger partial charge in [-0.05, 0) is 49.9 Å². The van der Waals surface area contributed by atoms with Gasteiger partial charge in [0, 0.05) is 34.3 Å². The number of carboxylic acid groups (broad SMARTS) is 1. The number of fused-ring (bicyclic) bond motifs is 1. The quantitative estimate of drug-likeness (QED) is 0.598. The van der Waals surface area contributed by atoms with Gasteiger partial charge in [-0.1, -0.05) is 18.2 Å². The molecule has 1 aliphatic carbocycles. The van der Waals surface area contributed by atoms with Crippen LogP contribution < -0.4 is 35.3 Å². The number of hydrogen-bond donors (Lipinski definition) is 2. The Bertz CT molecular complexity index is 1070. The van der Waals surface area contributed by atoms with E-state index in [-0.39, 0.29) is 46.9 Å². The molecule has 0 radical (unpaired) electrons. The van der Waals surface area contributed by atoms with Crippen molar-refractivity contribution in [3.8, 4) is 11.3 Å². The Morgan fingerprint density at radius 1 is 1.03 bits per heavy atom. The summed E-state index contributed by atoms with van der Waals surface area (Å²) in [4.78, 5) is 32.2. The summed E-state index contributed by atoms with van der Waals surface area (Å²) in [5.41, 5.74) is 9.09. The molecule has 8 heteroatoms. The fourth-order valence-electron chi connectivity index (χ4n) is 3.97. The topological polar surface area (TPSA) is 136 Å². The average Bonchev–Trinajstić information content (AvgIpc) is 2.73. The van der Waals surface area contributed by atoms with Crippen LogP contribution in [0, 0.1) is 5.92 Å². The van der Waals surface area contributed by atoms with Gasteiger partial charge in [0.1, 0.15) is 0 Å². The monoisotopic (exact) mass is 415 g/mol. The van der Waals surface area contributed by atoms with Crippen molar-refractivity contribution in [3.63, 3.8) is 0 Å². The smallest absolute Gasteiger partial charge is 0.870 e. The number of carbonyl (C=O) groups excluding carboxylic acids is 1. The molecule has 4 rings (SSSR count). The van der Waals surface area contributed by atoms with E-state index < -0.39 is 11.9 Å². The number of rotatable bonds is 4. The zero-order chi connectivity index (χ0) is 19.7. The summed E-state index contributed by atoms with van der Waals surface area (Å²) in [6.07, 6.45) is 4.66. The zero-order valence-corrected chi connectivity index (χ0v) is 18.8. The predicted molar refractivity (Wildman–Crippen MR) is 108 cm³/mol. The molecule has 1 saturated carbocycles. The molecule has 0 unspecified atom stereocenters. The number of carboxylic acids is 1. The van der Waals surface area contributed by atoms with E-state index >= 15 is 0 Å². The number of aromatic nitrogens is 2. The van der Waals surface area contributed by atoms with Crippen molar-refractivity contribution in [2.75, 3.05) is 0 Å². The Morgan fingerprint density at radius 2 is 1.77 bits per heavy atom. The summed E-state index contributed by atoms with van der Waals surface area (Å²) in [5.74, 6) is -1.23. The second-order valence-electron chi connectivity index (χ2n) is 7.30. The molecule has 2 aromatic heterocycles. The molecule has 0 bridgehead atoms. The van der Waals surface area contributed by atoms with Crippen molar-refractivity contribution in [2.45, 2.75) is 31.6 Å². The summed E-state index contributed by atoms with van der Waals surface area (Å²) >= 11 is 0. The first-order valence-electron chi connectivity index (χ1n) is 9.41. The molecule has 30 heavy (non-hydrogen) atoms. The van der Waals surface area contributed by atoms with Crippen LogP contribution >= 0.6 is 0 Å². The molecular formula is C22H22N3NaO4. The van der Waals surface area contributed by atoms with Gasteiger partial charge in [0.2, 0.25) is 5.91 Å². The zero-order valence-electron chi connectivity index (χ0n) is 16.8. The van der Waals surface area contributed by atoms with Gasteiger partial charge in [0.05, 0.1) is 17.1 Å². The van der Waals surface area contributed by atoms with Crippen molar-refractivity contribution in [2.24, 2.45) is 11.7 Å². The standard InChI is InChI=1S/C22H21N3O3.Na.H2O/c23-21(26)17-4-1-3-15(11-17)20-19-16(5-2-10-24-19)12-18(25-20)13-6-8-14(9-7-13)22(27)28;;/h1-5,10-14H,6-9H2,(H2,23,26)(H,27,28);;1H2/q;+1;/p-1. The van der Waals surface area contributed by atoms with E-state index in [1.165, 1.54) is 0 Å². The second kappa shape index (κ2) is 10.1. The maximum absolute atomic E-state index is 11.6. The SMILES string of the molecule is NC(=O)c1cccc(-c2nc(C3CCC(C(=O)O)CC3)cc3cccnc23)c1.[Na+].[OH-]. The van der Waals surface area contributed by atoms with Crippen LogP contribution in [0.3, 0.4) is 0 Å². The fourth-order valence-corrected chi connectivity index (χ4v) is 3.97. The van der Waals surface area contributed by atoms with Crippen LogP contribution in [0.15, 0.2) is 48.7 Å². The van der Waals surface area contributed by atoms with Crippen LogP contribution in [-0.4, -0.2) is 32.4 Å². The molecule has 0 atom stereocenters. The van der Waals surface area contributed by atoms with Crippen LogP contribution in [0.25, 0.3) is 22.2 Å². The number of hydrogen-bond acceptors (Lipinski definition) is 5. The van der Waals surface area contributed by atoms with Crippen molar-refractivity contribution < 1.29 is 49.7 Å². The number of primary amides is 1. The molecule has 4 N–H and O–H groups in total. The molecule has 1 aromatic carbocycles. The molecule has 1 fully saturated rings. The van der Waals surface area contributed by atoms with E-state index in [2.05, 4.69) is 11.1 Å². The van der Waals surface area contributed by atoms with Crippen molar-refractivity contribution in [1.82, 2.24) is 9.97 Å². The van der Waals surface area contributed by atoms with Crippen LogP contribution in [0.5, 0.6) is 0 Å². The summed E-state index contributed by atoms with van der Waals surface area (Å²) < 4.78 is 0. The molecule has 7 nitrogen and oxygen atoms in total. The number of carbonyl (C=O) groups is 2. The van der Waals surface area contributed by atoms with Crippen LogP contribution in [0.4, 0.5) is 0 Å². The Balaban J connectivity index is 0.00000160. The number of aliphatic carboxylic acids is 1. The van der Waals surface area contributed by atoms with Crippen molar-refractivity contribution >= 4 is 22.8 Å². The van der Waals surface area contributed by atoms with E-state index in [0.717, 1.165) is 40.7 Å². The molecule has 2 heterocycles. The van der Waals surface area contributed by atoms with Crippen LogP contribution in [0.2, 0.25) is 0 Å². The molecule has 150 valence electrons. The average molecular weight is 415 g/mol. The largest absolute Gasteiger partial charge is 1.00 e. The van der Waals surface area contributed by atoms with Gasteiger partial charge in [0.25, 0.3) is 0 Å². The second-order valence-corrected chi connectivity index (χ2v) is 7.30. The predicted octanol–water partition coefficient (Wildman–Crippen LogP) is 0.581. The van der Waals surface area contributed by atoms with Gasteiger partial charge < -0.3 is 16.3 Å². The van der Waals surface area contributed by atoms with Crippen molar-refractivity contribution in [3.05, 3.63) is 59.9 Å². The van der Waals surface area contributed by atoms with Crippen LogP contribution in [-0.2, 0) is 4.79 Å². The molecule has 0 saturated heterocycles. The van der Waals surface area contributed by atoms with Gasteiger partial charge in [-0.25, -0.2) is 0 Å². The summed E-state index contributed by atoms with van der Waals surface area (Å²) in [6, 6.07) is 13.0. The number of nitrogens with two attached hydrogens (primary N) is 1. The Hall–Kier alpha value is -2.32. The molecule has 1 amide bonds. The summed E-state index contributed by atoms with van der Waals surface area (Å²) in [6.45, 7) is 0. The normalized spacial score (nSPS) is 18.1. The number of benzene rings is 1. The maximum atomic E-state index is 11.6. The van der Waals surface area contributed by atoms with Gasteiger partial charge in [0.15, 0.2) is 0 Å². The number of amides is 1. The Kier molecular flexibility index (Phi) is 8.09. The Labute approximate surface area is 196 Å². The minimum Gasteiger partial charge on any atom is -0.870 e. The summed E-state index contributed by atoms with van der Waals surface area (Å²) in [5, 5.41) is 10.2. The molecule has 0 spiro atoms. The minimum absolute atomic E-state index is 0. The van der Waals surface area contributed by atoms with E-state index in [1.54, 1.807) is 24.4 Å². The molecular weight excluding hydrogens is 393 g/mol. The van der Waals surface area contributed by atoms with Gasteiger partial charge in [-0.2, -0.15) is 0 Å². The first-order chi connectivity index (χ1) is 13.5. The van der Waals surface area contributed by atoms with Gasteiger partial charge in [-0.3, -0.25) is 19.6 Å². The molecule has 1 aliphatic rings. The van der Waals surface area contributed by atoms with E-state index in [0.29, 0.717) is 18.4 Å². The third kappa shape index (κ3) is 4.87. The third-order valence-electron chi connectivity index (χ3n) is 5.52. The molecule has 0 aliphatic heterocycles. The maximum Gasteiger partial charge on any atom is 1.00 e. The van der Waals surface area contributed by atoms with E-state index in [4.69, 9.17) is 10.7 Å². The first kappa shape index (κ1) is 24.0. The van der Waals surface area contributed by atoms with Crippen LogP contribution in [0.1, 0.15) is 47.7 Å². The molecule has 3 aromatic rings. The van der Waals surface area contributed by atoms with Crippen molar-refractivity contribution in [1.29, 1.82) is 0 Å². The van der Waals surface area contributed by atoms with E-state index in [1.807, 2.05) is 18.2 Å². The van der Waals surface area contributed by atoms with E-state index in [9.17, 15) is 14.7 Å². The minimum atomic E-state index is -0.710. The van der Waals surface area contributed by atoms with Gasteiger partial charge in [-0.15, -0.1) is 0 Å². The fraction of sp³-hybridized carbons (Fsp3) is 0.273.